The Morgan fingerprint density at radius 3 is 2.48 bits per heavy atom. The topological polar surface area (TPSA) is 94.8 Å². The molecule has 1 aromatic rings. The van der Waals surface area contributed by atoms with Crippen LogP contribution in [-0.2, 0) is 11.2 Å². The van der Waals surface area contributed by atoms with Gasteiger partial charge in [-0.05, 0) is 43.6 Å². The summed E-state index contributed by atoms with van der Waals surface area (Å²) in [6, 6.07) is 0. The molecule has 158 valence electrons. The third kappa shape index (κ3) is 4.35. The van der Waals surface area contributed by atoms with Crippen molar-refractivity contribution >= 4 is 23.4 Å². The number of phenols is 2. The molecule has 1 saturated carbocycles. The average molecular weight is 421 g/mol. The number of aromatic carboxylic acids is 1. The van der Waals surface area contributed by atoms with Crippen molar-refractivity contribution in [2.24, 2.45) is 17.3 Å². The first kappa shape index (κ1) is 23.0. The van der Waals surface area contributed by atoms with Gasteiger partial charge in [0, 0.05) is 17.9 Å². The van der Waals surface area contributed by atoms with Crippen molar-refractivity contribution in [2.45, 2.75) is 53.9 Å². The lowest BCUT2D eigenvalue weighted by Gasteiger charge is -2.42. The summed E-state index contributed by atoms with van der Waals surface area (Å²) in [6.07, 6.45) is 7.40. The first-order chi connectivity index (χ1) is 13.4. The number of carboxylic acid groups (broad SMARTS) is 1. The van der Waals surface area contributed by atoms with E-state index in [0.717, 1.165) is 12.0 Å². The van der Waals surface area contributed by atoms with E-state index < -0.39 is 11.7 Å². The van der Waals surface area contributed by atoms with Crippen LogP contribution in [0.2, 0.25) is 5.02 Å². The predicted molar refractivity (Wildman–Crippen MR) is 114 cm³/mol. The predicted octanol–water partition coefficient (Wildman–Crippen LogP) is 5.44. The summed E-state index contributed by atoms with van der Waals surface area (Å²) in [5.41, 5.74) is 0.525. The van der Waals surface area contributed by atoms with E-state index in [9.17, 15) is 24.9 Å². The lowest BCUT2D eigenvalue weighted by atomic mass is 9.61. The molecule has 1 aliphatic rings. The second kappa shape index (κ2) is 8.62. The molecular weight excluding hydrogens is 392 g/mol. The van der Waals surface area contributed by atoms with Gasteiger partial charge in [0.25, 0.3) is 0 Å². The molecule has 2 rings (SSSR count). The Morgan fingerprint density at radius 2 is 1.90 bits per heavy atom. The molecule has 3 N–H and O–H groups in total. The molecule has 3 unspecified atom stereocenters. The van der Waals surface area contributed by atoms with Gasteiger partial charge < -0.3 is 15.3 Å². The number of aromatic hydroxyl groups is 2. The zero-order valence-electron chi connectivity index (χ0n) is 17.5. The fourth-order valence-electron chi connectivity index (χ4n) is 3.93. The minimum atomic E-state index is -1.30. The van der Waals surface area contributed by atoms with Gasteiger partial charge in [0.05, 0.1) is 5.02 Å². The molecule has 0 spiro atoms. The van der Waals surface area contributed by atoms with Gasteiger partial charge in [-0.3, -0.25) is 4.79 Å². The summed E-state index contributed by atoms with van der Waals surface area (Å²) in [5.74, 6) is -1.49. The van der Waals surface area contributed by atoms with Crippen LogP contribution >= 0.6 is 11.6 Å². The van der Waals surface area contributed by atoms with Gasteiger partial charge in [-0.15, -0.1) is 0 Å². The third-order valence-corrected chi connectivity index (χ3v) is 7.03. The molecule has 6 heteroatoms. The minimum absolute atomic E-state index is 0.0579. The number of phenolic OH excluding ortho intramolecular Hbond substituents is 1. The third-order valence-electron chi connectivity index (χ3n) is 6.57. The smallest absolute Gasteiger partial charge is 0.339 e. The number of halogens is 1. The van der Waals surface area contributed by atoms with Gasteiger partial charge in [-0.1, -0.05) is 56.2 Å². The van der Waals surface area contributed by atoms with Crippen LogP contribution in [0.25, 0.3) is 0 Å². The summed E-state index contributed by atoms with van der Waals surface area (Å²) in [7, 11) is 0. The summed E-state index contributed by atoms with van der Waals surface area (Å²) >= 11 is 6.06. The number of benzene rings is 1. The van der Waals surface area contributed by atoms with Crippen molar-refractivity contribution in [1.29, 1.82) is 0 Å². The Bertz CT molecular complexity index is 899. The normalized spacial score (nSPS) is 25.6. The molecule has 1 aliphatic carbocycles. The highest BCUT2D eigenvalue weighted by Crippen LogP contribution is 2.45. The van der Waals surface area contributed by atoms with E-state index in [4.69, 9.17) is 11.6 Å². The molecule has 1 fully saturated rings. The Balaban J connectivity index is 2.32. The maximum Gasteiger partial charge on any atom is 0.339 e. The fourth-order valence-corrected chi connectivity index (χ4v) is 4.13. The molecular formula is C23H29ClO5. The Hall–Kier alpha value is -2.27. The van der Waals surface area contributed by atoms with Crippen LogP contribution in [0.4, 0.5) is 0 Å². The van der Waals surface area contributed by atoms with E-state index in [0.29, 0.717) is 12.3 Å². The van der Waals surface area contributed by atoms with Gasteiger partial charge in [-0.2, -0.15) is 0 Å². The number of carboxylic acids is 1. The van der Waals surface area contributed by atoms with Crippen LogP contribution in [-0.4, -0.2) is 27.1 Å². The van der Waals surface area contributed by atoms with Gasteiger partial charge in [0.1, 0.15) is 22.8 Å². The second-order valence-electron chi connectivity index (χ2n) is 8.27. The monoisotopic (exact) mass is 420 g/mol. The number of rotatable bonds is 5. The summed E-state index contributed by atoms with van der Waals surface area (Å²) in [5, 5.41) is 29.9. The number of carbonyl (C=O) groups excluding carboxylic acids is 1. The van der Waals surface area contributed by atoms with E-state index in [1.54, 1.807) is 6.08 Å². The molecule has 0 aliphatic heterocycles. The molecule has 1 aromatic carbocycles. The molecule has 0 radical (unpaired) electrons. The van der Waals surface area contributed by atoms with Crippen molar-refractivity contribution < 1.29 is 24.9 Å². The number of allylic oxidation sites excluding steroid dienone is 4. The highest BCUT2D eigenvalue weighted by Gasteiger charge is 2.41. The SMILES string of the molecule is CC(/C=C/C1(C)C(C)CCC(=O)C1C)=C\Cc1c(O)c(Cl)c(C)c(C(=O)O)c1O. The minimum Gasteiger partial charge on any atom is -0.507 e. The summed E-state index contributed by atoms with van der Waals surface area (Å²) < 4.78 is 0. The quantitative estimate of drug-likeness (QED) is 0.551. The first-order valence-corrected chi connectivity index (χ1v) is 10.1. The Labute approximate surface area is 176 Å². The Kier molecular flexibility index (Phi) is 6.84. The van der Waals surface area contributed by atoms with Crippen LogP contribution in [0.5, 0.6) is 11.5 Å². The standard InChI is InChI=1S/C23H29ClO5/c1-12(10-11-23(5)13(2)7-9-17(25)15(23)4)6-8-16-20(26)18(22(28)29)14(3)19(24)21(16)27/h6,10-11,13,15,26-27H,7-9H2,1-5H3,(H,28,29)/b11-10+,12-6+. The molecule has 3 atom stereocenters. The van der Waals surface area contributed by atoms with E-state index in [1.165, 1.54) is 6.92 Å². The number of ketones is 1. The van der Waals surface area contributed by atoms with E-state index >= 15 is 0 Å². The zero-order chi connectivity index (χ0) is 22.1. The average Bonchev–Trinajstić information content (AvgIpc) is 2.66. The molecule has 0 heterocycles. The zero-order valence-corrected chi connectivity index (χ0v) is 18.3. The maximum absolute atomic E-state index is 12.2. The van der Waals surface area contributed by atoms with Crippen molar-refractivity contribution in [3.63, 3.8) is 0 Å². The molecule has 0 saturated heterocycles. The highest BCUT2D eigenvalue weighted by atomic mass is 35.5. The molecule has 29 heavy (non-hydrogen) atoms. The van der Waals surface area contributed by atoms with Gasteiger partial charge >= 0.3 is 5.97 Å². The van der Waals surface area contributed by atoms with Gasteiger partial charge in [0.2, 0.25) is 0 Å². The van der Waals surface area contributed by atoms with Gasteiger partial charge in [-0.25, -0.2) is 4.79 Å². The molecule has 0 amide bonds. The van der Waals surface area contributed by atoms with Crippen LogP contribution < -0.4 is 0 Å². The van der Waals surface area contributed by atoms with Crippen LogP contribution in [0.15, 0.2) is 23.8 Å². The largest absolute Gasteiger partial charge is 0.507 e. The van der Waals surface area contributed by atoms with Crippen LogP contribution in [0.1, 0.15) is 62.0 Å². The van der Waals surface area contributed by atoms with E-state index in [1.807, 2.05) is 19.9 Å². The highest BCUT2D eigenvalue weighted by molar-refractivity contribution is 6.33. The number of Topliss-reactive ketones (excluding diaryl/α,β-unsaturated/α-hetero) is 1. The Morgan fingerprint density at radius 1 is 1.28 bits per heavy atom. The van der Waals surface area contributed by atoms with Crippen LogP contribution in [0.3, 0.4) is 0 Å². The molecule has 0 aromatic heterocycles. The summed E-state index contributed by atoms with van der Waals surface area (Å²) in [6.45, 7) is 9.54. The number of carbonyl (C=O) groups is 2. The first-order valence-electron chi connectivity index (χ1n) is 9.76. The van der Waals surface area contributed by atoms with Crippen molar-refractivity contribution in [3.05, 3.63) is 45.5 Å². The fraction of sp³-hybridized carbons (Fsp3) is 0.478. The number of hydrogen-bond donors (Lipinski definition) is 3. The maximum atomic E-state index is 12.2. The second-order valence-corrected chi connectivity index (χ2v) is 8.65. The lowest BCUT2D eigenvalue weighted by Crippen LogP contribution is -2.40. The van der Waals surface area contributed by atoms with E-state index in [-0.39, 0.29) is 51.0 Å². The van der Waals surface area contributed by atoms with E-state index in [2.05, 4.69) is 19.9 Å². The lowest BCUT2D eigenvalue weighted by molar-refractivity contribution is -0.129. The van der Waals surface area contributed by atoms with Crippen LogP contribution in [0, 0.1) is 24.2 Å². The van der Waals surface area contributed by atoms with Crippen molar-refractivity contribution in [1.82, 2.24) is 0 Å². The molecule has 5 nitrogen and oxygen atoms in total. The number of hydrogen-bond acceptors (Lipinski definition) is 4. The molecule has 0 bridgehead atoms. The van der Waals surface area contributed by atoms with Crippen molar-refractivity contribution in [2.75, 3.05) is 0 Å². The van der Waals surface area contributed by atoms with Gasteiger partial charge in [0.15, 0.2) is 0 Å². The van der Waals surface area contributed by atoms with Crippen molar-refractivity contribution in [3.8, 4) is 11.5 Å². The summed E-state index contributed by atoms with van der Waals surface area (Å²) in [4.78, 5) is 23.6.